The summed E-state index contributed by atoms with van der Waals surface area (Å²) in [5.41, 5.74) is 0.839. The second kappa shape index (κ2) is 6.76. The SMILES string of the molecule is O=C(CC1(Cc2ccccc2)C(=O)c2ccccc2C1=O)c1ccccc1. The molecule has 0 fully saturated rings. The van der Waals surface area contributed by atoms with Crippen molar-refractivity contribution >= 4 is 17.3 Å². The van der Waals surface area contributed by atoms with Crippen LogP contribution in [0.2, 0.25) is 0 Å². The Bertz CT molecular complexity index is 985. The highest BCUT2D eigenvalue weighted by Gasteiger charge is 2.53. The molecule has 0 radical (unpaired) electrons. The van der Waals surface area contributed by atoms with E-state index in [9.17, 15) is 14.4 Å². The second-order valence-corrected chi connectivity index (χ2v) is 6.91. The van der Waals surface area contributed by atoms with E-state index in [1.807, 2.05) is 36.4 Å². The van der Waals surface area contributed by atoms with Gasteiger partial charge in [0.05, 0.1) is 0 Å². The van der Waals surface area contributed by atoms with Gasteiger partial charge in [-0.25, -0.2) is 0 Å². The molecule has 1 aliphatic rings. The molecule has 3 aromatic carbocycles. The highest BCUT2D eigenvalue weighted by molar-refractivity contribution is 6.31. The van der Waals surface area contributed by atoms with Gasteiger partial charge in [0, 0.05) is 23.1 Å². The summed E-state index contributed by atoms with van der Waals surface area (Å²) in [5.74, 6) is -0.700. The van der Waals surface area contributed by atoms with E-state index in [0.717, 1.165) is 5.56 Å². The molecule has 0 unspecified atom stereocenters. The molecular weight excluding hydrogens is 336 g/mol. The summed E-state index contributed by atoms with van der Waals surface area (Å²) < 4.78 is 0. The summed E-state index contributed by atoms with van der Waals surface area (Å²) >= 11 is 0. The maximum absolute atomic E-state index is 13.3. The minimum absolute atomic E-state index is 0.127. The molecular formula is C24H18O3. The number of fused-ring (bicyclic) bond motifs is 1. The van der Waals surface area contributed by atoms with Crippen molar-refractivity contribution < 1.29 is 14.4 Å². The van der Waals surface area contributed by atoms with Crippen LogP contribution < -0.4 is 0 Å². The predicted molar refractivity (Wildman–Crippen MR) is 103 cm³/mol. The highest BCUT2D eigenvalue weighted by atomic mass is 16.2. The average molecular weight is 354 g/mol. The second-order valence-electron chi connectivity index (χ2n) is 6.91. The fourth-order valence-electron chi connectivity index (χ4n) is 3.83. The number of rotatable bonds is 5. The molecule has 0 aliphatic heterocycles. The van der Waals surface area contributed by atoms with Crippen LogP contribution in [0.25, 0.3) is 0 Å². The van der Waals surface area contributed by atoms with Gasteiger partial charge in [0.15, 0.2) is 17.3 Å². The van der Waals surface area contributed by atoms with Gasteiger partial charge in [0.2, 0.25) is 0 Å². The minimum Gasteiger partial charge on any atom is -0.294 e. The van der Waals surface area contributed by atoms with Crippen LogP contribution in [0.15, 0.2) is 84.9 Å². The van der Waals surface area contributed by atoms with Crippen LogP contribution in [0.3, 0.4) is 0 Å². The zero-order valence-corrected chi connectivity index (χ0v) is 14.7. The van der Waals surface area contributed by atoms with E-state index in [1.54, 1.807) is 48.5 Å². The van der Waals surface area contributed by atoms with Gasteiger partial charge in [0.1, 0.15) is 5.41 Å². The topological polar surface area (TPSA) is 51.2 Å². The van der Waals surface area contributed by atoms with Gasteiger partial charge in [-0.1, -0.05) is 84.9 Å². The molecule has 0 aromatic heterocycles. The first-order valence-corrected chi connectivity index (χ1v) is 8.93. The fraction of sp³-hybridized carbons (Fsp3) is 0.125. The van der Waals surface area contributed by atoms with E-state index in [1.165, 1.54) is 0 Å². The Kier molecular flexibility index (Phi) is 4.28. The molecule has 0 bridgehead atoms. The normalized spacial score (nSPS) is 14.8. The average Bonchev–Trinajstić information content (AvgIpc) is 2.92. The van der Waals surface area contributed by atoms with Crippen LogP contribution in [-0.2, 0) is 6.42 Å². The Morgan fingerprint density at radius 1 is 0.667 bits per heavy atom. The third kappa shape index (κ3) is 2.91. The number of carbonyl (C=O) groups is 3. The van der Waals surface area contributed by atoms with Crippen molar-refractivity contribution in [2.24, 2.45) is 5.41 Å². The molecule has 3 nitrogen and oxygen atoms in total. The molecule has 3 heteroatoms. The van der Waals surface area contributed by atoms with E-state index >= 15 is 0 Å². The zero-order chi connectivity index (χ0) is 18.9. The van der Waals surface area contributed by atoms with Gasteiger partial charge in [-0.2, -0.15) is 0 Å². The summed E-state index contributed by atoms with van der Waals surface area (Å²) in [6.07, 6.45) is 0.0943. The number of hydrogen-bond acceptors (Lipinski definition) is 3. The van der Waals surface area contributed by atoms with Crippen LogP contribution in [0.4, 0.5) is 0 Å². The zero-order valence-electron chi connectivity index (χ0n) is 14.7. The number of Topliss-reactive ketones (excluding diaryl/α,β-unsaturated/α-hetero) is 3. The lowest BCUT2D eigenvalue weighted by molar-refractivity contribution is 0.0642. The van der Waals surface area contributed by atoms with Crippen LogP contribution >= 0.6 is 0 Å². The van der Waals surface area contributed by atoms with E-state index in [2.05, 4.69) is 0 Å². The Hall–Kier alpha value is -3.33. The Balaban J connectivity index is 1.78. The third-order valence-corrected chi connectivity index (χ3v) is 5.19. The largest absolute Gasteiger partial charge is 0.294 e. The molecule has 0 atom stereocenters. The molecule has 0 spiro atoms. The van der Waals surface area contributed by atoms with Crippen molar-refractivity contribution in [1.82, 2.24) is 0 Å². The minimum atomic E-state index is -1.38. The monoisotopic (exact) mass is 354 g/mol. The first-order chi connectivity index (χ1) is 13.1. The Labute approximate surface area is 157 Å². The van der Waals surface area contributed by atoms with Gasteiger partial charge < -0.3 is 0 Å². The third-order valence-electron chi connectivity index (χ3n) is 5.19. The van der Waals surface area contributed by atoms with Crippen molar-refractivity contribution in [2.45, 2.75) is 12.8 Å². The van der Waals surface area contributed by atoms with Gasteiger partial charge in [-0.15, -0.1) is 0 Å². The van der Waals surface area contributed by atoms with Gasteiger partial charge >= 0.3 is 0 Å². The van der Waals surface area contributed by atoms with E-state index in [0.29, 0.717) is 16.7 Å². The number of ketones is 3. The Morgan fingerprint density at radius 2 is 1.15 bits per heavy atom. The van der Waals surface area contributed by atoms with E-state index in [4.69, 9.17) is 0 Å². The molecule has 0 amide bonds. The number of carbonyl (C=O) groups excluding carboxylic acids is 3. The molecule has 27 heavy (non-hydrogen) atoms. The van der Waals surface area contributed by atoms with Crippen molar-refractivity contribution in [3.63, 3.8) is 0 Å². The van der Waals surface area contributed by atoms with Crippen molar-refractivity contribution in [2.75, 3.05) is 0 Å². The van der Waals surface area contributed by atoms with Crippen LogP contribution in [0.5, 0.6) is 0 Å². The smallest absolute Gasteiger partial charge is 0.178 e. The number of hydrogen-bond donors (Lipinski definition) is 0. The number of benzene rings is 3. The molecule has 0 N–H and O–H groups in total. The van der Waals surface area contributed by atoms with Gasteiger partial charge in [0.25, 0.3) is 0 Å². The van der Waals surface area contributed by atoms with E-state index < -0.39 is 5.41 Å². The molecule has 132 valence electrons. The first-order valence-electron chi connectivity index (χ1n) is 8.93. The lowest BCUT2D eigenvalue weighted by atomic mass is 9.72. The van der Waals surface area contributed by atoms with Crippen LogP contribution in [0, 0.1) is 5.41 Å². The lowest BCUT2D eigenvalue weighted by Crippen LogP contribution is -2.38. The van der Waals surface area contributed by atoms with E-state index in [-0.39, 0.29) is 30.2 Å². The van der Waals surface area contributed by atoms with Gasteiger partial charge in [-0.05, 0) is 12.0 Å². The maximum Gasteiger partial charge on any atom is 0.178 e. The fourth-order valence-corrected chi connectivity index (χ4v) is 3.83. The lowest BCUT2D eigenvalue weighted by Gasteiger charge is -2.25. The van der Waals surface area contributed by atoms with Crippen molar-refractivity contribution in [3.05, 3.63) is 107 Å². The maximum atomic E-state index is 13.3. The van der Waals surface area contributed by atoms with Crippen molar-refractivity contribution in [3.8, 4) is 0 Å². The molecule has 0 heterocycles. The first kappa shape index (κ1) is 17.1. The van der Waals surface area contributed by atoms with Crippen molar-refractivity contribution in [1.29, 1.82) is 0 Å². The summed E-state index contributed by atoms with van der Waals surface area (Å²) in [5, 5.41) is 0. The summed E-state index contributed by atoms with van der Waals surface area (Å²) in [7, 11) is 0. The standard InChI is InChI=1S/C24H18O3/c25-21(18-11-5-2-6-12-18)16-24(15-17-9-3-1-4-10-17)22(26)19-13-7-8-14-20(19)23(24)27/h1-14H,15-16H2. The van der Waals surface area contributed by atoms with Crippen LogP contribution in [-0.4, -0.2) is 17.3 Å². The van der Waals surface area contributed by atoms with Gasteiger partial charge in [-0.3, -0.25) is 14.4 Å². The summed E-state index contributed by atoms with van der Waals surface area (Å²) in [6.45, 7) is 0. The molecule has 1 aliphatic carbocycles. The molecule has 0 saturated heterocycles. The van der Waals surface area contributed by atoms with Crippen LogP contribution in [0.1, 0.15) is 43.1 Å². The molecule has 0 saturated carbocycles. The highest BCUT2D eigenvalue weighted by Crippen LogP contribution is 2.43. The molecule has 3 aromatic rings. The molecule has 4 rings (SSSR count). The quantitative estimate of drug-likeness (QED) is 0.498. The predicted octanol–water partition coefficient (Wildman–Crippen LogP) is 4.57. The summed E-state index contributed by atoms with van der Waals surface area (Å²) in [6, 6.07) is 25.1. The summed E-state index contributed by atoms with van der Waals surface area (Å²) in [4.78, 5) is 39.6. The Morgan fingerprint density at radius 3 is 1.70 bits per heavy atom.